The molecule has 1 aliphatic rings. The van der Waals surface area contributed by atoms with Crippen LogP contribution in [0.2, 0.25) is 0 Å². The number of allylic oxidation sites excluding steroid dienone is 1. The molecule has 0 aliphatic carbocycles. The van der Waals surface area contributed by atoms with Crippen molar-refractivity contribution < 1.29 is 14.3 Å². The predicted molar refractivity (Wildman–Crippen MR) is 87.5 cm³/mol. The summed E-state index contributed by atoms with van der Waals surface area (Å²) in [5.41, 5.74) is 12.1. The predicted octanol–water partition coefficient (Wildman–Crippen LogP) is 0.513. The third kappa shape index (κ3) is 2.91. The van der Waals surface area contributed by atoms with Crippen LogP contribution in [0.1, 0.15) is 11.5 Å². The first kappa shape index (κ1) is 16.6. The normalized spacial score (nSPS) is 20.5. The lowest BCUT2D eigenvalue weighted by Gasteiger charge is -2.32. The Morgan fingerprint density at radius 2 is 2.09 bits per heavy atom. The van der Waals surface area contributed by atoms with Crippen molar-refractivity contribution in [3.63, 3.8) is 0 Å². The van der Waals surface area contributed by atoms with Crippen LogP contribution in [0.4, 0.5) is 0 Å². The number of carbonyl (C=O) groups is 1. The Morgan fingerprint density at radius 3 is 2.61 bits per heavy atom. The molecular weight excluding hydrogens is 316 g/mol. The van der Waals surface area contributed by atoms with Crippen LogP contribution in [0.5, 0.6) is 11.5 Å². The second-order valence-corrected chi connectivity index (χ2v) is 5.33. The minimum atomic E-state index is -0.894. The molecule has 8 heteroatoms. The van der Waals surface area contributed by atoms with Crippen molar-refractivity contribution >= 4 is 23.1 Å². The van der Waals surface area contributed by atoms with Gasteiger partial charge in [-0.15, -0.1) is 0 Å². The quantitative estimate of drug-likeness (QED) is 0.686. The van der Waals surface area contributed by atoms with Gasteiger partial charge in [-0.2, -0.15) is 5.26 Å². The Balaban J connectivity index is 2.69. The van der Waals surface area contributed by atoms with Crippen LogP contribution in [-0.2, 0) is 4.79 Å². The maximum absolute atomic E-state index is 11.9. The van der Waals surface area contributed by atoms with Crippen LogP contribution >= 0.6 is 12.2 Å². The Morgan fingerprint density at radius 1 is 1.39 bits per heavy atom. The lowest BCUT2D eigenvalue weighted by atomic mass is 9.77. The van der Waals surface area contributed by atoms with Gasteiger partial charge in [0.1, 0.15) is 23.2 Å². The Bertz CT molecular complexity index is 739. The number of carbonyl (C=O) groups excluding carboxylic acids is 1. The summed E-state index contributed by atoms with van der Waals surface area (Å²) in [6, 6.07) is 7.09. The number of benzene rings is 1. The number of nitrogens with zero attached hydrogens (tertiary/aromatic N) is 1. The first-order valence-corrected chi connectivity index (χ1v) is 7.07. The van der Waals surface area contributed by atoms with Gasteiger partial charge in [-0.25, -0.2) is 0 Å². The second kappa shape index (κ2) is 6.54. The molecular formula is C15H16N4O3S. The minimum absolute atomic E-state index is 0.109. The Hall–Kier alpha value is -2.79. The van der Waals surface area contributed by atoms with Crippen molar-refractivity contribution in [2.45, 2.75) is 5.92 Å². The number of hydrogen-bond donors (Lipinski definition) is 3. The van der Waals surface area contributed by atoms with E-state index < -0.39 is 17.7 Å². The zero-order valence-corrected chi connectivity index (χ0v) is 13.4. The maximum atomic E-state index is 11.9. The first-order valence-electron chi connectivity index (χ1n) is 6.66. The fraction of sp³-hybridized carbons (Fsp3) is 0.267. The topological polar surface area (TPSA) is 123 Å². The van der Waals surface area contributed by atoms with Gasteiger partial charge in [0.25, 0.3) is 0 Å². The number of nitrogens with two attached hydrogens (primary N) is 2. The molecule has 0 fully saturated rings. The standard InChI is InChI=1S/C15H16N4O3S/c1-21-7-3-4-8(10(5-7)22-2)11-9(6-16)13(17)19-15(23)12(11)14(18)20/h3-5,11-12H,17H2,1-2H3,(H2,18,20)(H,19,23)/t11-,12-/m0/s1. The monoisotopic (exact) mass is 332 g/mol. The van der Waals surface area contributed by atoms with Crippen LogP contribution in [-0.4, -0.2) is 25.1 Å². The summed E-state index contributed by atoms with van der Waals surface area (Å²) in [7, 11) is 3.01. The number of methoxy groups -OCH3 is 2. The number of primary amides is 1. The molecule has 2 atom stereocenters. The smallest absolute Gasteiger partial charge is 0.228 e. The van der Waals surface area contributed by atoms with Gasteiger partial charge in [0.05, 0.1) is 30.9 Å². The van der Waals surface area contributed by atoms with Crippen LogP contribution in [0.25, 0.3) is 0 Å². The Kier molecular flexibility index (Phi) is 4.71. The zero-order valence-electron chi connectivity index (χ0n) is 12.6. The van der Waals surface area contributed by atoms with E-state index in [9.17, 15) is 10.1 Å². The van der Waals surface area contributed by atoms with E-state index in [1.54, 1.807) is 18.2 Å². The van der Waals surface area contributed by atoms with Crippen molar-refractivity contribution in [3.05, 3.63) is 35.2 Å². The third-order valence-corrected chi connectivity index (χ3v) is 4.03. The molecule has 1 aromatic carbocycles. The highest BCUT2D eigenvalue weighted by Gasteiger charge is 2.41. The number of nitriles is 1. The van der Waals surface area contributed by atoms with Gasteiger partial charge in [0, 0.05) is 17.5 Å². The molecule has 0 unspecified atom stereocenters. The lowest BCUT2D eigenvalue weighted by molar-refractivity contribution is -0.120. The molecule has 7 nitrogen and oxygen atoms in total. The summed E-state index contributed by atoms with van der Waals surface area (Å²) in [5.74, 6) is -1.12. The second-order valence-electron chi connectivity index (χ2n) is 4.89. The summed E-state index contributed by atoms with van der Waals surface area (Å²) in [6.07, 6.45) is 0. The summed E-state index contributed by atoms with van der Waals surface area (Å²) < 4.78 is 10.5. The third-order valence-electron chi connectivity index (χ3n) is 3.68. The molecule has 0 saturated heterocycles. The molecule has 0 aromatic heterocycles. The van der Waals surface area contributed by atoms with Crippen molar-refractivity contribution in [1.29, 1.82) is 5.26 Å². The number of hydrogen-bond acceptors (Lipinski definition) is 6. The van der Waals surface area contributed by atoms with Crippen molar-refractivity contribution in [2.24, 2.45) is 17.4 Å². The van der Waals surface area contributed by atoms with E-state index in [0.717, 1.165) is 0 Å². The minimum Gasteiger partial charge on any atom is -0.497 e. The van der Waals surface area contributed by atoms with E-state index in [1.165, 1.54) is 14.2 Å². The number of rotatable bonds is 4. The van der Waals surface area contributed by atoms with Crippen LogP contribution in [0.15, 0.2) is 29.6 Å². The Labute approximate surface area is 138 Å². The van der Waals surface area contributed by atoms with Gasteiger partial charge in [-0.1, -0.05) is 18.3 Å². The lowest BCUT2D eigenvalue weighted by Crippen LogP contribution is -2.47. The van der Waals surface area contributed by atoms with Crippen LogP contribution in [0.3, 0.4) is 0 Å². The van der Waals surface area contributed by atoms with Crippen molar-refractivity contribution in [1.82, 2.24) is 5.32 Å². The molecule has 1 heterocycles. The molecule has 2 rings (SSSR count). The van der Waals surface area contributed by atoms with Gasteiger partial charge in [-0.3, -0.25) is 4.79 Å². The zero-order chi connectivity index (χ0) is 17.1. The summed E-state index contributed by atoms with van der Waals surface area (Å²) in [4.78, 5) is 12.1. The van der Waals surface area contributed by atoms with Gasteiger partial charge < -0.3 is 26.3 Å². The fourth-order valence-corrected chi connectivity index (χ4v) is 2.96. The molecule has 5 N–H and O–H groups in total. The van der Waals surface area contributed by atoms with Gasteiger partial charge in [0.15, 0.2) is 0 Å². The molecule has 1 aromatic rings. The molecule has 0 bridgehead atoms. The molecule has 0 saturated carbocycles. The van der Waals surface area contributed by atoms with Crippen molar-refractivity contribution in [3.8, 4) is 17.6 Å². The number of amides is 1. The highest BCUT2D eigenvalue weighted by atomic mass is 32.1. The molecule has 1 aliphatic heterocycles. The SMILES string of the molecule is COc1ccc([C@H]2C(C#N)=C(N)NC(=S)[C@@H]2C(N)=O)c(OC)c1. The number of ether oxygens (including phenoxy) is 2. The molecule has 1 amide bonds. The summed E-state index contributed by atoms with van der Waals surface area (Å²) in [6.45, 7) is 0. The van der Waals surface area contributed by atoms with E-state index in [2.05, 4.69) is 5.32 Å². The highest BCUT2D eigenvalue weighted by molar-refractivity contribution is 7.80. The van der Waals surface area contributed by atoms with Gasteiger partial charge in [0.2, 0.25) is 5.91 Å². The van der Waals surface area contributed by atoms with E-state index in [1.807, 2.05) is 6.07 Å². The highest BCUT2D eigenvalue weighted by Crippen LogP contribution is 2.41. The van der Waals surface area contributed by atoms with Gasteiger partial charge >= 0.3 is 0 Å². The van der Waals surface area contributed by atoms with E-state index in [4.69, 9.17) is 33.2 Å². The molecule has 23 heavy (non-hydrogen) atoms. The van der Waals surface area contributed by atoms with E-state index in [0.29, 0.717) is 17.1 Å². The van der Waals surface area contributed by atoms with E-state index in [-0.39, 0.29) is 16.4 Å². The fourth-order valence-electron chi connectivity index (χ4n) is 2.60. The average Bonchev–Trinajstić information content (AvgIpc) is 2.53. The number of nitrogens with one attached hydrogen (secondary N) is 1. The molecule has 0 radical (unpaired) electrons. The van der Waals surface area contributed by atoms with Crippen LogP contribution < -0.4 is 26.3 Å². The number of thiocarbonyl (C=S) groups is 1. The average molecular weight is 332 g/mol. The first-order chi connectivity index (χ1) is 10.9. The maximum Gasteiger partial charge on any atom is 0.228 e. The van der Waals surface area contributed by atoms with Crippen molar-refractivity contribution in [2.75, 3.05) is 14.2 Å². The van der Waals surface area contributed by atoms with E-state index >= 15 is 0 Å². The van der Waals surface area contributed by atoms with Crippen LogP contribution in [0, 0.1) is 17.2 Å². The molecule has 120 valence electrons. The summed E-state index contributed by atoms with van der Waals surface area (Å²) >= 11 is 5.19. The largest absolute Gasteiger partial charge is 0.497 e. The van der Waals surface area contributed by atoms with Gasteiger partial charge in [-0.05, 0) is 6.07 Å². The summed E-state index contributed by atoms with van der Waals surface area (Å²) in [5, 5.41) is 12.1. The molecule has 0 spiro atoms.